The number of benzene rings is 1. The molecule has 2 N–H and O–H groups in total. The number of halogens is 1. The lowest BCUT2D eigenvalue weighted by atomic mass is 9.64. The van der Waals surface area contributed by atoms with Gasteiger partial charge in [0.1, 0.15) is 18.0 Å². The van der Waals surface area contributed by atoms with Crippen LogP contribution in [0.3, 0.4) is 0 Å². The third-order valence-electron chi connectivity index (χ3n) is 10.5. The number of carbonyl (C=O) groups excluding carboxylic acids is 2. The van der Waals surface area contributed by atoms with Crippen molar-refractivity contribution in [3.8, 4) is 0 Å². The van der Waals surface area contributed by atoms with E-state index in [0.29, 0.717) is 17.4 Å². The smallest absolute Gasteiger partial charge is 0.338 e. The van der Waals surface area contributed by atoms with Crippen LogP contribution in [-0.2, 0) is 14.3 Å². The van der Waals surface area contributed by atoms with Gasteiger partial charge >= 0.3 is 11.9 Å². The van der Waals surface area contributed by atoms with E-state index in [9.17, 15) is 9.59 Å². The molecule has 7 heteroatoms. The summed E-state index contributed by atoms with van der Waals surface area (Å²) in [6.45, 7) is 17.2. The molecule has 240 valence electrons. The molecule has 4 atom stereocenters. The van der Waals surface area contributed by atoms with Crippen molar-refractivity contribution in [2.75, 3.05) is 0 Å². The molecule has 0 radical (unpaired) electrons. The second-order valence-electron chi connectivity index (χ2n) is 17.0. The summed E-state index contributed by atoms with van der Waals surface area (Å²) in [6, 6.07) is 4.91. The van der Waals surface area contributed by atoms with Crippen molar-refractivity contribution in [2.45, 2.75) is 160 Å². The van der Waals surface area contributed by atoms with E-state index in [0.717, 1.165) is 64.2 Å². The molecule has 2 saturated carbocycles. The fraction of sp³-hybridized carbons (Fsp3) is 0.778. The van der Waals surface area contributed by atoms with E-state index in [1.54, 1.807) is 12.1 Å². The molecule has 2 saturated heterocycles. The van der Waals surface area contributed by atoms with Crippen molar-refractivity contribution in [3.05, 3.63) is 35.1 Å². The number of carbonyl (C=O) groups is 2. The van der Waals surface area contributed by atoms with Gasteiger partial charge in [-0.15, -0.1) is 0 Å². The molecule has 2 aliphatic heterocycles. The third-order valence-corrected chi connectivity index (χ3v) is 10.5. The van der Waals surface area contributed by atoms with Crippen molar-refractivity contribution in [1.82, 2.24) is 10.6 Å². The molecule has 1 aromatic rings. The van der Waals surface area contributed by atoms with Crippen molar-refractivity contribution in [1.29, 1.82) is 0 Å². The number of esters is 2. The zero-order valence-corrected chi connectivity index (χ0v) is 27.8. The number of fused-ring (bicyclic) bond motifs is 1. The van der Waals surface area contributed by atoms with Gasteiger partial charge in [0.2, 0.25) is 0 Å². The zero-order chi connectivity index (χ0) is 31.4. The average molecular weight is 599 g/mol. The van der Waals surface area contributed by atoms with E-state index < -0.39 is 5.97 Å². The molecular formula is C36H55FN2O4. The van der Waals surface area contributed by atoms with E-state index in [1.807, 2.05) is 0 Å². The maximum absolute atomic E-state index is 15.5. The molecule has 0 amide bonds. The molecule has 4 fully saturated rings. The summed E-state index contributed by atoms with van der Waals surface area (Å²) in [4.78, 5) is 26.2. The van der Waals surface area contributed by atoms with Gasteiger partial charge in [0, 0.05) is 47.8 Å². The lowest BCUT2D eigenvalue weighted by Gasteiger charge is -2.46. The second-order valence-corrected chi connectivity index (χ2v) is 17.0. The molecule has 4 aliphatic rings. The maximum Gasteiger partial charge on any atom is 0.338 e. The van der Waals surface area contributed by atoms with Gasteiger partial charge in [-0.2, -0.15) is 0 Å². The molecule has 0 aromatic heterocycles. The molecule has 0 spiro atoms. The predicted molar refractivity (Wildman–Crippen MR) is 167 cm³/mol. The van der Waals surface area contributed by atoms with E-state index in [4.69, 9.17) is 9.47 Å². The zero-order valence-electron chi connectivity index (χ0n) is 27.8. The number of hydrogen-bond donors (Lipinski definition) is 2. The summed E-state index contributed by atoms with van der Waals surface area (Å²) in [7, 11) is 0. The highest BCUT2D eigenvalue weighted by Crippen LogP contribution is 2.48. The minimum Gasteiger partial charge on any atom is -0.462 e. The summed E-state index contributed by atoms with van der Waals surface area (Å²) in [5, 5.41) is 7.26. The molecule has 0 bridgehead atoms. The van der Waals surface area contributed by atoms with Crippen LogP contribution in [0.25, 0.3) is 0 Å². The lowest BCUT2D eigenvalue weighted by Crippen LogP contribution is -2.59. The minimum atomic E-state index is -0.450. The van der Waals surface area contributed by atoms with Crippen molar-refractivity contribution in [2.24, 2.45) is 17.8 Å². The van der Waals surface area contributed by atoms with Gasteiger partial charge in [0.15, 0.2) is 0 Å². The van der Waals surface area contributed by atoms with Crippen LogP contribution in [0.15, 0.2) is 18.2 Å². The van der Waals surface area contributed by atoms with Gasteiger partial charge in [-0.3, -0.25) is 4.79 Å². The van der Waals surface area contributed by atoms with Gasteiger partial charge in [-0.1, -0.05) is 6.07 Å². The number of nitrogens with one attached hydrogen (secondary N) is 2. The first-order valence-corrected chi connectivity index (χ1v) is 16.7. The van der Waals surface area contributed by atoms with Crippen LogP contribution in [0.5, 0.6) is 0 Å². The monoisotopic (exact) mass is 598 g/mol. The van der Waals surface area contributed by atoms with Crippen LogP contribution < -0.4 is 10.6 Å². The van der Waals surface area contributed by atoms with E-state index in [2.05, 4.69) is 66.0 Å². The predicted octanol–water partition coefficient (Wildman–Crippen LogP) is 7.44. The quantitative estimate of drug-likeness (QED) is 0.343. The summed E-state index contributed by atoms with van der Waals surface area (Å²) < 4.78 is 27.4. The standard InChI is InChI=1S/C36H55FN2O4/c1-33(2)18-27(19-34(3,4)38-33)42-31(40)25-12-10-22-15-24(11-9-23(22)16-25)29-14-13-26(17-30(29)37)32(41)43-28-20-35(5,6)39-36(7,8)21-28/h13-14,17,22-25,27-28,38-39H,9-12,15-16,18-21H2,1-8H3. The van der Waals surface area contributed by atoms with Gasteiger partial charge in [-0.25, -0.2) is 9.18 Å². The molecule has 2 aliphatic carbocycles. The fourth-order valence-electron chi connectivity index (χ4n) is 9.47. The minimum absolute atomic E-state index is 0.0239. The first-order valence-electron chi connectivity index (χ1n) is 16.7. The second kappa shape index (κ2) is 11.7. The number of piperidine rings is 2. The fourth-order valence-corrected chi connectivity index (χ4v) is 9.47. The Balaban J connectivity index is 1.14. The third kappa shape index (κ3) is 8.00. The lowest BCUT2D eigenvalue weighted by molar-refractivity contribution is -0.160. The first-order chi connectivity index (χ1) is 19.9. The number of ether oxygens (including phenoxy) is 2. The largest absolute Gasteiger partial charge is 0.462 e. The Bertz CT molecular complexity index is 1180. The Morgan fingerprint density at radius 3 is 1.79 bits per heavy atom. The molecule has 1 aromatic carbocycles. The van der Waals surface area contributed by atoms with Gasteiger partial charge < -0.3 is 20.1 Å². The van der Waals surface area contributed by atoms with Gasteiger partial charge in [0.05, 0.1) is 11.5 Å². The van der Waals surface area contributed by atoms with E-state index in [-0.39, 0.29) is 63.5 Å². The normalized spacial score (nSPS) is 31.9. The van der Waals surface area contributed by atoms with E-state index >= 15 is 4.39 Å². The Kier molecular flexibility index (Phi) is 8.85. The Morgan fingerprint density at radius 1 is 0.721 bits per heavy atom. The number of hydrogen-bond acceptors (Lipinski definition) is 6. The molecular weight excluding hydrogens is 543 g/mol. The molecule has 4 unspecified atom stereocenters. The highest BCUT2D eigenvalue weighted by Gasteiger charge is 2.43. The molecule has 5 rings (SSSR count). The average Bonchev–Trinajstić information content (AvgIpc) is 2.84. The molecule has 2 heterocycles. The van der Waals surface area contributed by atoms with Crippen LogP contribution in [0.2, 0.25) is 0 Å². The Labute approximate surface area is 258 Å². The van der Waals surface area contributed by atoms with Crippen LogP contribution in [0, 0.1) is 23.6 Å². The maximum atomic E-state index is 15.5. The van der Waals surface area contributed by atoms with Crippen molar-refractivity contribution >= 4 is 11.9 Å². The van der Waals surface area contributed by atoms with Crippen LogP contribution >= 0.6 is 0 Å². The summed E-state index contributed by atoms with van der Waals surface area (Å²) in [5.74, 6) is 0.305. The number of rotatable bonds is 5. The van der Waals surface area contributed by atoms with Gasteiger partial charge in [-0.05, 0) is 129 Å². The molecule has 43 heavy (non-hydrogen) atoms. The summed E-state index contributed by atoms with van der Waals surface area (Å²) in [6.07, 6.45) is 8.40. The Hall–Kier alpha value is -1.99. The van der Waals surface area contributed by atoms with Crippen molar-refractivity contribution < 1.29 is 23.5 Å². The van der Waals surface area contributed by atoms with Crippen molar-refractivity contribution in [3.63, 3.8) is 0 Å². The summed E-state index contributed by atoms with van der Waals surface area (Å²) >= 11 is 0. The summed E-state index contributed by atoms with van der Waals surface area (Å²) in [5.41, 5.74) is 0.597. The highest BCUT2D eigenvalue weighted by atomic mass is 19.1. The van der Waals surface area contributed by atoms with Crippen LogP contribution in [0.4, 0.5) is 4.39 Å². The van der Waals surface area contributed by atoms with Gasteiger partial charge in [0.25, 0.3) is 0 Å². The van der Waals surface area contributed by atoms with Crippen LogP contribution in [-0.4, -0.2) is 46.3 Å². The molecule has 6 nitrogen and oxygen atoms in total. The highest BCUT2D eigenvalue weighted by molar-refractivity contribution is 5.89. The SMILES string of the molecule is CC1(C)CC(OC(=O)c2ccc(C3CCC4CC(C(=O)OC5CC(C)(C)NC(C)(C)C5)CCC4C3)c(F)c2)CC(C)(C)N1. The van der Waals surface area contributed by atoms with E-state index in [1.165, 1.54) is 6.07 Å². The van der Waals surface area contributed by atoms with Crippen LogP contribution in [0.1, 0.15) is 141 Å². The Morgan fingerprint density at radius 2 is 1.23 bits per heavy atom. The first kappa shape index (κ1) is 32.4. The topological polar surface area (TPSA) is 76.7 Å².